The Morgan fingerprint density at radius 3 is 2.86 bits per heavy atom. The van der Waals surface area contributed by atoms with Crippen LogP contribution < -0.4 is 5.73 Å². The first-order valence-electron chi connectivity index (χ1n) is 4.71. The maximum atomic E-state index is 11.4. The van der Waals surface area contributed by atoms with E-state index in [1.54, 1.807) is 9.58 Å². The number of anilines is 1. The van der Waals surface area contributed by atoms with Gasteiger partial charge in [-0.2, -0.15) is 5.10 Å². The molecule has 0 unspecified atom stereocenters. The van der Waals surface area contributed by atoms with E-state index in [-0.39, 0.29) is 5.91 Å². The summed E-state index contributed by atoms with van der Waals surface area (Å²) >= 11 is 0. The molecule has 0 aliphatic carbocycles. The number of aryl methyl sites for hydroxylation is 1. The summed E-state index contributed by atoms with van der Waals surface area (Å²) in [5.74, 6) is 0.830. The zero-order valence-corrected chi connectivity index (χ0v) is 8.45. The number of amides is 1. The van der Waals surface area contributed by atoms with Gasteiger partial charge in [0, 0.05) is 19.0 Å². The number of rotatable bonds is 1. The molecule has 0 bridgehead atoms. The molecule has 76 valence electrons. The molecule has 0 radical (unpaired) electrons. The molecule has 14 heavy (non-hydrogen) atoms. The van der Waals surface area contributed by atoms with Crippen molar-refractivity contribution in [1.82, 2.24) is 14.7 Å². The van der Waals surface area contributed by atoms with Gasteiger partial charge in [0.1, 0.15) is 5.82 Å². The lowest BCUT2D eigenvalue weighted by Crippen LogP contribution is -2.25. The molecular weight excluding hydrogens is 180 g/mol. The number of carbonyl (C=O) groups is 1. The van der Waals surface area contributed by atoms with Crippen LogP contribution in [0.25, 0.3) is 0 Å². The lowest BCUT2D eigenvalue weighted by atomic mass is 10.3. The Hall–Kier alpha value is -1.52. The molecule has 0 spiro atoms. The maximum absolute atomic E-state index is 11.4. The fraction of sp³-hybridized carbons (Fsp3) is 0.556. The maximum Gasteiger partial charge on any atom is 0.222 e. The first-order valence-corrected chi connectivity index (χ1v) is 4.71. The predicted molar refractivity (Wildman–Crippen MR) is 52.2 cm³/mol. The van der Waals surface area contributed by atoms with Crippen LogP contribution in [0.15, 0.2) is 0 Å². The minimum atomic E-state index is 0.157. The van der Waals surface area contributed by atoms with Crippen molar-refractivity contribution >= 4 is 11.7 Å². The van der Waals surface area contributed by atoms with Crippen molar-refractivity contribution < 1.29 is 4.79 Å². The van der Waals surface area contributed by atoms with Crippen molar-refractivity contribution in [3.8, 4) is 0 Å². The average molecular weight is 194 g/mol. The van der Waals surface area contributed by atoms with Crippen LogP contribution in [0.4, 0.5) is 5.82 Å². The summed E-state index contributed by atoms with van der Waals surface area (Å²) in [4.78, 5) is 13.2. The number of hydrogen-bond donors (Lipinski definition) is 1. The van der Waals surface area contributed by atoms with E-state index in [0.717, 1.165) is 11.3 Å². The van der Waals surface area contributed by atoms with Gasteiger partial charge in [0.25, 0.3) is 0 Å². The number of aromatic nitrogens is 2. The summed E-state index contributed by atoms with van der Waals surface area (Å²) in [5.41, 5.74) is 7.77. The normalized spacial score (nSPS) is 14.6. The molecule has 0 aromatic carbocycles. The number of nitrogens with zero attached hydrogens (tertiary/aromatic N) is 3. The minimum Gasteiger partial charge on any atom is -0.384 e. The molecule has 0 saturated carbocycles. The van der Waals surface area contributed by atoms with Gasteiger partial charge in [0.15, 0.2) is 0 Å². The quantitative estimate of drug-likeness (QED) is 0.697. The SMILES string of the molecule is CCC(=O)N1Cc2nn(C)c(N)c2C1. The molecule has 1 aliphatic rings. The van der Waals surface area contributed by atoms with E-state index in [9.17, 15) is 4.79 Å². The molecule has 1 amide bonds. The Morgan fingerprint density at radius 1 is 1.57 bits per heavy atom. The zero-order valence-electron chi connectivity index (χ0n) is 8.45. The molecule has 0 atom stereocenters. The Bertz CT molecular complexity index is 382. The molecule has 2 heterocycles. The highest BCUT2D eigenvalue weighted by atomic mass is 16.2. The fourth-order valence-corrected chi connectivity index (χ4v) is 1.77. The van der Waals surface area contributed by atoms with Crippen LogP contribution in [0, 0.1) is 0 Å². The number of nitrogen functional groups attached to an aromatic ring is 1. The molecular formula is C9H14N4O. The van der Waals surface area contributed by atoms with Crippen molar-refractivity contribution in [2.75, 3.05) is 5.73 Å². The summed E-state index contributed by atoms with van der Waals surface area (Å²) in [6.45, 7) is 3.08. The van der Waals surface area contributed by atoms with Crippen LogP contribution in [-0.2, 0) is 24.9 Å². The van der Waals surface area contributed by atoms with E-state index in [2.05, 4.69) is 5.10 Å². The summed E-state index contributed by atoms with van der Waals surface area (Å²) in [5, 5.41) is 4.26. The van der Waals surface area contributed by atoms with Gasteiger partial charge in [-0.05, 0) is 0 Å². The van der Waals surface area contributed by atoms with E-state index < -0.39 is 0 Å². The molecule has 2 N–H and O–H groups in total. The summed E-state index contributed by atoms with van der Waals surface area (Å²) in [6, 6.07) is 0. The number of nitrogens with two attached hydrogens (primary N) is 1. The predicted octanol–water partition coefficient (Wildman–Crippen LogP) is 0.254. The van der Waals surface area contributed by atoms with E-state index in [0.29, 0.717) is 25.3 Å². The second-order valence-corrected chi connectivity index (χ2v) is 3.54. The van der Waals surface area contributed by atoms with Crippen molar-refractivity contribution in [1.29, 1.82) is 0 Å². The highest BCUT2D eigenvalue weighted by molar-refractivity contribution is 5.76. The average Bonchev–Trinajstić information content (AvgIpc) is 2.68. The standard InChI is InChI=1S/C9H14N4O/c1-3-8(14)13-4-6-7(5-13)11-12(2)9(6)10/h3-5,10H2,1-2H3. The van der Waals surface area contributed by atoms with Gasteiger partial charge in [0.2, 0.25) is 5.91 Å². The molecule has 5 nitrogen and oxygen atoms in total. The first kappa shape index (κ1) is 9.05. The zero-order chi connectivity index (χ0) is 10.3. The highest BCUT2D eigenvalue weighted by Gasteiger charge is 2.27. The van der Waals surface area contributed by atoms with E-state index in [1.165, 1.54) is 0 Å². The molecule has 1 aromatic rings. The molecule has 0 fully saturated rings. The third-order valence-corrected chi connectivity index (χ3v) is 2.62. The molecule has 1 aliphatic heterocycles. The second kappa shape index (κ2) is 3.01. The van der Waals surface area contributed by atoms with Gasteiger partial charge in [-0.1, -0.05) is 6.92 Å². The largest absolute Gasteiger partial charge is 0.384 e. The lowest BCUT2D eigenvalue weighted by molar-refractivity contribution is -0.131. The monoisotopic (exact) mass is 194 g/mol. The van der Waals surface area contributed by atoms with Crippen LogP contribution in [0.3, 0.4) is 0 Å². The van der Waals surface area contributed by atoms with Gasteiger partial charge < -0.3 is 10.6 Å². The van der Waals surface area contributed by atoms with Crippen LogP contribution >= 0.6 is 0 Å². The third kappa shape index (κ3) is 1.16. The Balaban J connectivity index is 2.23. The van der Waals surface area contributed by atoms with Gasteiger partial charge in [-0.3, -0.25) is 9.48 Å². The number of carbonyl (C=O) groups excluding carboxylic acids is 1. The van der Waals surface area contributed by atoms with Crippen molar-refractivity contribution in [2.45, 2.75) is 26.4 Å². The van der Waals surface area contributed by atoms with E-state index in [4.69, 9.17) is 5.73 Å². The minimum absolute atomic E-state index is 0.157. The van der Waals surface area contributed by atoms with E-state index >= 15 is 0 Å². The first-order chi connectivity index (χ1) is 6.63. The van der Waals surface area contributed by atoms with Crippen molar-refractivity contribution in [2.24, 2.45) is 7.05 Å². The van der Waals surface area contributed by atoms with Gasteiger partial charge in [-0.15, -0.1) is 0 Å². The van der Waals surface area contributed by atoms with Crippen molar-refractivity contribution in [3.63, 3.8) is 0 Å². The molecule has 5 heteroatoms. The van der Waals surface area contributed by atoms with Crippen molar-refractivity contribution in [3.05, 3.63) is 11.3 Å². The number of fused-ring (bicyclic) bond motifs is 1. The molecule has 0 saturated heterocycles. The second-order valence-electron chi connectivity index (χ2n) is 3.54. The third-order valence-electron chi connectivity index (χ3n) is 2.62. The van der Waals surface area contributed by atoms with Crippen LogP contribution in [-0.4, -0.2) is 20.6 Å². The van der Waals surface area contributed by atoms with Crippen LogP contribution in [0.1, 0.15) is 24.6 Å². The summed E-state index contributed by atoms with van der Waals surface area (Å²) < 4.78 is 1.67. The Labute approximate surface area is 82.5 Å². The van der Waals surface area contributed by atoms with Gasteiger partial charge in [0.05, 0.1) is 18.8 Å². The topological polar surface area (TPSA) is 64.2 Å². The van der Waals surface area contributed by atoms with E-state index in [1.807, 2.05) is 14.0 Å². The lowest BCUT2D eigenvalue weighted by Gasteiger charge is -2.14. The fourth-order valence-electron chi connectivity index (χ4n) is 1.77. The van der Waals surface area contributed by atoms with Gasteiger partial charge >= 0.3 is 0 Å². The number of hydrogen-bond acceptors (Lipinski definition) is 3. The smallest absolute Gasteiger partial charge is 0.222 e. The Morgan fingerprint density at radius 2 is 2.29 bits per heavy atom. The molecule has 1 aromatic heterocycles. The van der Waals surface area contributed by atoms with Crippen LogP contribution in [0.5, 0.6) is 0 Å². The Kier molecular flexibility index (Phi) is 1.94. The van der Waals surface area contributed by atoms with Gasteiger partial charge in [-0.25, -0.2) is 0 Å². The highest BCUT2D eigenvalue weighted by Crippen LogP contribution is 2.26. The molecule has 2 rings (SSSR count). The summed E-state index contributed by atoms with van der Waals surface area (Å²) in [7, 11) is 1.82. The van der Waals surface area contributed by atoms with Crippen LogP contribution in [0.2, 0.25) is 0 Å². The summed E-state index contributed by atoms with van der Waals surface area (Å²) in [6.07, 6.45) is 0.538.